The molecule has 28 heavy (non-hydrogen) atoms. The van der Waals surface area contributed by atoms with Crippen LogP contribution in [0.1, 0.15) is 16.8 Å². The van der Waals surface area contributed by atoms with Crippen LogP contribution in [0.15, 0.2) is 60.7 Å². The highest BCUT2D eigenvalue weighted by Crippen LogP contribution is 2.39. The smallest absolute Gasteiger partial charge is 0.0781 e. The fourth-order valence-corrected chi connectivity index (χ4v) is 4.83. The summed E-state index contributed by atoms with van der Waals surface area (Å²) in [5, 5.41) is 8.75. The molecule has 0 saturated heterocycles. The fraction of sp³-hybridized carbons (Fsp3) is 0.160. The van der Waals surface area contributed by atoms with Crippen LogP contribution >= 0.6 is 0 Å². The van der Waals surface area contributed by atoms with Gasteiger partial charge in [0.15, 0.2) is 0 Å². The number of hydrogen-bond acceptors (Lipinski definition) is 2. The minimum Gasteiger partial charge on any atom is -0.358 e. The first kappa shape index (κ1) is 15.8. The maximum absolute atomic E-state index is 5.23. The van der Waals surface area contributed by atoms with Gasteiger partial charge in [0.25, 0.3) is 0 Å². The van der Waals surface area contributed by atoms with Crippen molar-refractivity contribution in [3.8, 4) is 11.3 Å². The van der Waals surface area contributed by atoms with Gasteiger partial charge in [0, 0.05) is 34.1 Å². The highest BCUT2D eigenvalue weighted by Gasteiger charge is 2.23. The average Bonchev–Trinajstić information content (AvgIpc) is 3.08. The Labute approximate surface area is 163 Å². The molecule has 1 aliphatic heterocycles. The van der Waals surface area contributed by atoms with E-state index in [-0.39, 0.29) is 0 Å². The lowest BCUT2D eigenvalue weighted by Crippen LogP contribution is -2.25. The number of fused-ring (bicyclic) bond motifs is 6. The van der Waals surface area contributed by atoms with Crippen LogP contribution in [-0.2, 0) is 13.0 Å². The number of nitrogens with zero attached hydrogens (tertiary/aromatic N) is 1. The molecule has 2 aromatic heterocycles. The summed E-state index contributed by atoms with van der Waals surface area (Å²) in [5.74, 6) is 0. The van der Waals surface area contributed by atoms with Crippen LogP contribution in [0, 0.1) is 6.92 Å². The number of H-pyrrole nitrogens is 1. The Kier molecular flexibility index (Phi) is 3.35. The van der Waals surface area contributed by atoms with Crippen molar-refractivity contribution in [2.45, 2.75) is 19.9 Å². The van der Waals surface area contributed by atoms with Gasteiger partial charge in [-0.1, -0.05) is 48.5 Å². The number of para-hydroxylation sites is 1. The van der Waals surface area contributed by atoms with Crippen LogP contribution in [0.5, 0.6) is 0 Å². The second kappa shape index (κ2) is 5.91. The van der Waals surface area contributed by atoms with Crippen LogP contribution < -0.4 is 5.32 Å². The fourth-order valence-electron chi connectivity index (χ4n) is 4.83. The lowest BCUT2D eigenvalue weighted by Gasteiger charge is -2.23. The zero-order chi connectivity index (χ0) is 18.7. The Bertz CT molecular complexity index is 1380. The molecular formula is C25H21N3. The molecule has 1 aliphatic rings. The molecule has 0 unspecified atom stereocenters. The van der Waals surface area contributed by atoms with Gasteiger partial charge in [-0.05, 0) is 53.9 Å². The van der Waals surface area contributed by atoms with Crippen molar-refractivity contribution in [2.75, 3.05) is 6.54 Å². The average molecular weight is 363 g/mol. The van der Waals surface area contributed by atoms with Gasteiger partial charge in [-0.15, -0.1) is 0 Å². The summed E-state index contributed by atoms with van der Waals surface area (Å²) < 4.78 is 0. The van der Waals surface area contributed by atoms with E-state index in [0.717, 1.165) is 30.7 Å². The Hall–Kier alpha value is -3.17. The quantitative estimate of drug-likeness (QED) is 0.387. The number of nitrogens with one attached hydrogen (secondary N) is 2. The summed E-state index contributed by atoms with van der Waals surface area (Å²) in [6, 6.07) is 21.6. The van der Waals surface area contributed by atoms with Crippen molar-refractivity contribution in [3.05, 3.63) is 77.5 Å². The number of aromatic amines is 1. The van der Waals surface area contributed by atoms with Crippen LogP contribution in [0.25, 0.3) is 43.8 Å². The normalized spacial score (nSPS) is 14.0. The van der Waals surface area contributed by atoms with Gasteiger partial charge >= 0.3 is 0 Å². The molecule has 136 valence electrons. The summed E-state index contributed by atoms with van der Waals surface area (Å²) in [4.78, 5) is 8.78. The van der Waals surface area contributed by atoms with E-state index >= 15 is 0 Å². The first-order chi connectivity index (χ1) is 13.8. The maximum atomic E-state index is 5.23. The summed E-state index contributed by atoms with van der Waals surface area (Å²) in [6.07, 6.45) is 1.04. The number of hydrogen-bond donors (Lipinski definition) is 2. The van der Waals surface area contributed by atoms with Gasteiger partial charge in [-0.25, -0.2) is 4.98 Å². The molecule has 0 bridgehead atoms. The molecule has 5 aromatic rings. The molecule has 0 radical (unpaired) electrons. The third-order valence-electron chi connectivity index (χ3n) is 6.08. The van der Waals surface area contributed by atoms with Crippen LogP contribution in [-0.4, -0.2) is 16.5 Å². The first-order valence-corrected chi connectivity index (χ1v) is 9.93. The summed E-state index contributed by atoms with van der Waals surface area (Å²) in [7, 11) is 0. The molecule has 0 atom stereocenters. The Morgan fingerprint density at radius 1 is 0.857 bits per heavy atom. The molecule has 0 aliphatic carbocycles. The summed E-state index contributed by atoms with van der Waals surface area (Å²) in [5.41, 5.74) is 8.63. The second-order valence-corrected chi connectivity index (χ2v) is 7.70. The predicted octanol–water partition coefficient (Wildman–Crippen LogP) is 5.49. The lowest BCUT2D eigenvalue weighted by molar-refractivity contribution is 0.646. The molecule has 3 heterocycles. The SMILES string of the molecule is Cc1[nH]c2ccccc2c1-c1nc2ccc3ccccc3c2c2c1CNCC2. The summed E-state index contributed by atoms with van der Waals surface area (Å²) in [6.45, 7) is 4.04. The number of aromatic nitrogens is 2. The third kappa shape index (κ3) is 2.17. The maximum Gasteiger partial charge on any atom is 0.0781 e. The minimum atomic E-state index is 0.871. The molecule has 6 rings (SSSR count). The van der Waals surface area contributed by atoms with Crippen LogP contribution in [0.4, 0.5) is 0 Å². The van der Waals surface area contributed by atoms with Crippen molar-refractivity contribution in [3.63, 3.8) is 0 Å². The Morgan fingerprint density at radius 2 is 1.68 bits per heavy atom. The van der Waals surface area contributed by atoms with Crippen molar-refractivity contribution in [2.24, 2.45) is 0 Å². The van der Waals surface area contributed by atoms with Crippen molar-refractivity contribution < 1.29 is 0 Å². The highest BCUT2D eigenvalue weighted by atomic mass is 14.9. The van der Waals surface area contributed by atoms with Gasteiger partial charge in [-0.2, -0.15) is 0 Å². The molecule has 2 N–H and O–H groups in total. The van der Waals surface area contributed by atoms with E-state index in [1.807, 2.05) is 0 Å². The van der Waals surface area contributed by atoms with Gasteiger partial charge in [-0.3, -0.25) is 0 Å². The van der Waals surface area contributed by atoms with Gasteiger partial charge in [0.1, 0.15) is 0 Å². The lowest BCUT2D eigenvalue weighted by atomic mass is 9.89. The monoisotopic (exact) mass is 363 g/mol. The van der Waals surface area contributed by atoms with Gasteiger partial charge < -0.3 is 10.3 Å². The van der Waals surface area contributed by atoms with Crippen LogP contribution in [0.2, 0.25) is 0 Å². The second-order valence-electron chi connectivity index (χ2n) is 7.70. The topological polar surface area (TPSA) is 40.7 Å². The molecular weight excluding hydrogens is 342 g/mol. The largest absolute Gasteiger partial charge is 0.358 e. The zero-order valence-corrected chi connectivity index (χ0v) is 15.8. The standard InChI is InChI=1S/C25H21N3/c1-15-23(19-8-4-5-9-21(19)27-15)25-20-14-26-13-12-18(20)24-17-7-3-2-6-16(17)10-11-22(24)28-25/h2-11,26-27H,12-14H2,1H3. The molecule has 3 nitrogen and oxygen atoms in total. The predicted molar refractivity (Wildman–Crippen MR) is 117 cm³/mol. The minimum absolute atomic E-state index is 0.871. The number of pyridine rings is 1. The van der Waals surface area contributed by atoms with Gasteiger partial charge in [0.2, 0.25) is 0 Å². The number of rotatable bonds is 1. The van der Waals surface area contributed by atoms with E-state index in [2.05, 4.69) is 77.9 Å². The van der Waals surface area contributed by atoms with Crippen molar-refractivity contribution in [1.82, 2.24) is 15.3 Å². The highest BCUT2D eigenvalue weighted by molar-refractivity contribution is 6.10. The number of benzene rings is 3. The van der Waals surface area contributed by atoms with E-state index in [1.54, 1.807) is 0 Å². The van der Waals surface area contributed by atoms with Crippen molar-refractivity contribution in [1.29, 1.82) is 0 Å². The zero-order valence-electron chi connectivity index (χ0n) is 15.8. The summed E-state index contributed by atoms with van der Waals surface area (Å²) >= 11 is 0. The van der Waals surface area contributed by atoms with Crippen LogP contribution in [0.3, 0.4) is 0 Å². The van der Waals surface area contributed by atoms with E-state index in [9.17, 15) is 0 Å². The van der Waals surface area contributed by atoms with E-state index in [1.165, 1.54) is 49.4 Å². The molecule has 3 aromatic carbocycles. The number of aryl methyl sites for hydroxylation is 1. The molecule has 0 fully saturated rings. The Morgan fingerprint density at radius 3 is 2.61 bits per heavy atom. The van der Waals surface area contributed by atoms with E-state index in [0.29, 0.717) is 0 Å². The van der Waals surface area contributed by atoms with E-state index in [4.69, 9.17) is 4.98 Å². The molecule has 3 heteroatoms. The molecule has 0 saturated carbocycles. The third-order valence-corrected chi connectivity index (χ3v) is 6.08. The van der Waals surface area contributed by atoms with E-state index < -0.39 is 0 Å². The van der Waals surface area contributed by atoms with Crippen molar-refractivity contribution >= 4 is 32.6 Å². The molecule has 0 spiro atoms. The molecule has 0 amide bonds. The van der Waals surface area contributed by atoms with Gasteiger partial charge in [0.05, 0.1) is 11.2 Å². The Balaban J connectivity index is 1.77. The first-order valence-electron chi connectivity index (χ1n) is 9.93.